The number of rotatable bonds is 5. The van der Waals surface area contributed by atoms with Crippen molar-refractivity contribution in [3.8, 4) is 11.5 Å². The van der Waals surface area contributed by atoms with E-state index >= 15 is 0 Å². The molecular weight excluding hydrogens is 237 g/mol. The van der Waals surface area contributed by atoms with Gasteiger partial charge >= 0.3 is 6.36 Å². The van der Waals surface area contributed by atoms with Crippen LogP contribution in [0.15, 0.2) is 18.2 Å². The molecule has 0 atom stereocenters. The lowest BCUT2D eigenvalue weighted by Gasteiger charge is -2.16. The summed E-state index contributed by atoms with van der Waals surface area (Å²) in [5.41, 5.74) is 0.0379. The molecule has 0 radical (unpaired) electrons. The Hall–Kier alpha value is -1.43. The molecule has 0 unspecified atom stereocenters. The molecule has 0 heterocycles. The van der Waals surface area contributed by atoms with Crippen molar-refractivity contribution >= 4 is 0 Å². The number of alkyl halides is 3. The Kier molecular flexibility index (Phi) is 4.62. The van der Waals surface area contributed by atoms with E-state index < -0.39 is 18.7 Å². The van der Waals surface area contributed by atoms with E-state index in [2.05, 4.69) is 4.74 Å². The first kappa shape index (κ1) is 13.6. The summed E-state index contributed by atoms with van der Waals surface area (Å²) in [5, 5.41) is 8.96. The van der Waals surface area contributed by atoms with Crippen LogP contribution in [-0.2, 0) is 6.61 Å². The molecule has 6 heteroatoms. The molecule has 0 saturated carbocycles. The molecule has 0 amide bonds. The Balaban J connectivity index is 3.02. The smallest absolute Gasteiger partial charge is 0.490 e. The van der Waals surface area contributed by atoms with Gasteiger partial charge in [-0.05, 0) is 12.5 Å². The Morgan fingerprint density at radius 2 is 2.00 bits per heavy atom. The zero-order valence-electron chi connectivity index (χ0n) is 9.25. The summed E-state index contributed by atoms with van der Waals surface area (Å²) in [4.78, 5) is 0. The number of aliphatic hydroxyl groups is 1. The van der Waals surface area contributed by atoms with Crippen LogP contribution in [0.25, 0.3) is 0 Å². The predicted octanol–water partition coefficient (Wildman–Crippen LogP) is 2.87. The van der Waals surface area contributed by atoms with Gasteiger partial charge in [-0.25, -0.2) is 0 Å². The average Bonchev–Trinajstić information content (AvgIpc) is 2.25. The second-order valence-electron chi connectivity index (χ2n) is 3.30. The van der Waals surface area contributed by atoms with E-state index in [1.807, 2.05) is 6.92 Å². The van der Waals surface area contributed by atoms with E-state index in [9.17, 15) is 13.2 Å². The van der Waals surface area contributed by atoms with Crippen molar-refractivity contribution in [1.82, 2.24) is 0 Å². The van der Waals surface area contributed by atoms with Crippen LogP contribution in [0, 0.1) is 0 Å². The summed E-state index contributed by atoms with van der Waals surface area (Å²) in [5.74, 6) is -0.494. The summed E-state index contributed by atoms with van der Waals surface area (Å²) in [6, 6.07) is 4.22. The molecule has 1 aromatic rings. The molecule has 96 valence electrons. The molecule has 17 heavy (non-hydrogen) atoms. The fourth-order valence-corrected chi connectivity index (χ4v) is 1.24. The van der Waals surface area contributed by atoms with E-state index in [1.165, 1.54) is 18.2 Å². The zero-order chi connectivity index (χ0) is 12.9. The first-order valence-corrected chi connectivity index (χ1v) is 5.09. The van der Waals surface area contributed by atoms with Crippen LogP contribution in [0.5, 0.6) is 11.5 Å². The molecule has 0 aliphatic carbocycles. The SMILES string of the molecule is CCCOc1cccc(CO)c1OC(F)(F)F. The summed E-state index contributed by atoms with van der Waals surface area (Å²) in [6.07, 6.45) is -4.15. The fraction of sp³-hybridized carbons (Fsp3) is 0.455. The Morgan fingerprint density at radius 1 is 1.29 bits per heavy atom. The molecule has 0 spiro atoms. The summed E-state index contributed by atoms with van der Waals surface area (Å²) < 4.78 is 45.6. The van der Waals surface area contributed by atoms with Gasteiger partial charge in [-0.2, -0.15) is 0 Å². The minimum atomic E-state index is -4.81. The fourth-order valence-electron chi connectivity index (χ4n) is 1.24. The van der Waals surface area contributed by atoms with Crippen molar-refractivity contribution in [3.05, 3.63) is 23.8 Å². The zero-order valence-corrected chi connectivity index (χ0v) is 9.25. The summed E-state index contributed by atoms with van der Waals surface area (Å²) >= 11 is 0. The largest absolute Gasteiger partial charge is 0.573 e. The molecule has 0 fully saturated rings. The van der Waals surface area contributed by atoms with E-state index in [0.29, 0.717) is 6.42 Å². The van der Waals surface area contributed by atoms with Crippen LogP contribution >= 0.6 is 0 Å². The van der Waals surface area contributed by atoms with Crippen LogP contribution in [0.1, 0.15) is 18.9 Å². The Morgan fingerprint density at radius 3 is 2.53 bits per heavy atom. The van der Waals surface area contributed by atoms with Gasteiger partial charge in [0.15, 0.2) is 11.5 Å². The molecule has 0 bridgehead atoms. The molecule has 0 aliphatic rings. The van der Waals surface area contributed by atoms with E-state index in [0.717, 1.165) is 0 Å². The predicted molar refractivity (Wildman–Crippen MR) is 54.8 cm³/mol. The van der Waals surface area contributed by atoms with Crippen molar-refractivity contribution in [2.24, 2.45) is 0 Å². The normalized spacial score (nSPS) is 11.4. The van der Waals surface area contributed by atoms with Crippen molar-refractivity contribution in [2.75, 3.05) is 6.61 Å². The molecule has 1 rings (SSSR count). The molecule has 1 N–H and O–H groups in total. The number of ether oxygens (including phenoxy) is 2. The number of aliphatic hydroxyl groups excluding tert-OH is 1. The summed E-state index contributed by atoms with van der Waals surface area (Å²) in [7, 11) is 0. The quantitative estimate of drug-likeness (QED) is 0.873. The van der Waals surface area contributed by atoms with Crippen molar-refractivity contribution in [2.45, 2.75) is 26.3 Å². The standard InChI is InChI=1S/C11H13F3O3/c1-2-6-16-9-5-3-4-8(7-15)10(9)17-11(12,13)14/h3-5,15H,2,6-7H2,1H3. The van der Waals surface area contributed by atoms with E-state index in [4.69, 9.17) is 9.84 Å². The van der Waals surface area contributed by atoms with Crippen molar-refractivity contribution in [1.29, 1.82) is 0 Å². The number of para-hydroxylation sites is 1. The van der Waals surface area contributed by atoms with Crippen LogP contribution in [0.4, 0.5) is 13.2 Å². The lowest BCUT2D eigenvalue weighted by Crippen LogP contribution is -2.19. The monoisotopic (exact) mass is 250 g/mol. The minimum Gasteiger partial charge on any atom is -0.490 e. The third kappa shape index (κ3) is 4.14. The highest BCUT2D eigenvalue weighted by Gasteiger charge is 2.33. The topological polar surface area (TPSA) is 38.7 Å². The van der Waals surface area contributed by atoms with Gasteiger partial charge in [-0.1, -0.05) is 19.1 Å². The van der Waals surface area contributed by atoms with Crippen molar-refractivity contribution in [3.63, 3.8) is 0 Å². The van der Waals surface area contributed by atoms with E-state index in [1.54, 1.807) is 0 Å². The second-order valence-corrected chi connectivity index (χ2v) is 3.30. The van der Waals surface area contributed by atoms with E-state index in [-0.39, 0.29) is 17.9 Å². The Bertz CT molecular complexity index is 363. The highest BCUT2D eigenvalue weighted by Crippen LogP contribution is 2.35. The van der Waals surface area contributed by atoms with Gasteiger partial charge in [-0.15, -0.1) is 13.2 Å². The highest BCUT2D eigenvalue weighted by molar-refractivity contribution is 5.46. The van der Waals surface area contributed by atoms with Gasteiger partial charge < -0.3 is 14.6 Å². The highest BCUT2D eigenvalue weighted by atomic mass is 19.4. The van der Waals surface area contributed by atoms with Gasteiger partial charge in [0.05, 0.1) is 13.2 Å². The lowest BCUT2D eigenvalue weighted by atomic mass is 10.2. The maximum Gasteiger partial charge on any atom is 0.573 e. The molecule has 0 aliphatic heterocycles. The number of benzene rings is 1. The maximum absolute atomic E-state index is 12.2. The third-order valence-electron chi connectivity index (χ3n) is 1.91. The Labute approximate surface area is 96.8 Å². The lowest BCUT2D eigenvalue weighted by molar-refractivity contribution is -0.275. The molecular formula is C11H13F3O3. The van der Waals surface area contributed by atoms with Gasteiger partial charge in [-0.3, -0.25) is 0 Å². The van der Waals surface area contributed by atoms with Gasteiger partial charge in [0.1, 0.15) is 0 Å². The first-order valence-electron chi connectivity index (χ1n) is 5.09. The van der Waals surface area contributed by atoms with Crippen LogP contribution in [-0.4, -0.2) is 18.1 Å². The average molecular weight is 250 g/mol. The minimum absolute atomic E-state index is 0.0178. The summed E-state index contributed by atoms with van der Waals surface area (Å²) in [6.45, 7) is 1.57. The molecule has 1 aromatic carbocycles. The number of hydrogen-bond donors (Lipinski definition) is 1. The van der Waals surface area contributed by atoms with Crippen LogP contribution in [0.2, 0.25) is 0 Å². The third-order valence-corrected chi connectivity index (χ3v) is 1.91. The van der Waals surface area contributed by atoms with Crippen molar-refractivity contribution < 1.29 is 27.8 Å². The van der Waals surface area contributed by atoms with Gasteiger partial charge in [0.25, 0.3) is 0 Å². The maximum atomic E-state index is 12.2. The van der Waals surface area contributed by atoms with Crippen LogP contribution in [0.3, 0.4) is 0 Å². The second kappa shape index (κ2) is 5.77. The molecule has 3 nitrogen and oxygen atoms in total. The molecule has 0 saturated heterocycles. The van der Waals surface area contributed by atoms with Gasteiger partial charge in [0, 0.05) is 5.56 Å². The molecule has 0 aromatic heterocycles. The number of halogens is 3. The first-order chi connectivity index (χ1) is 7.98. The van der Waals surface area contributed by atoms with Crippen LogP contribution < -0.4 is 9.47 Å². The van der Waals surface area contributed by atoms with Gasteiger partial charge in [0.2, 0.25) is 0 Å². The number of hydrogen-bond acceptors (Lipinski definition) is 3.